The summed E-state index contributed by atoms with van der Waals surface area (Å²) in [6.07, 6.45) is 7.25. The number of rotatable bonds is 4. The highest BCUT2D eigenvalue weighted by molar-refractivity contribution is 5.91. The van der Waals surface area contributed by atoms with Crippen molar-refractivity contribution in [1.29, 1.82) is 0 Å². The highest BCUT2D eigenvalue weighted by Gasteiger charge is 2.26. The minimum Gasteiger partial charge on any atom is -0.508 e. The van der Waals surface area contributed by atoms with E-state index in [-0.39, 0.29) is 11.9 Å². The van der Waals surface area contributed by atoms with Crippen LogP contribution in [-0.2, 0) is 6.54 Å². The number of carbonyl (C=O) groups excluding carboxylic acids is 1. The van der Waals surface area contributed by atoms with Crippen molar-refractivity contribution < 1.29 is 9.90 Å². The predicted octanol–water partition coefficient (Wildman–Crippen LogP) is 2.45. The number of para-hydroxylation sites is 1. The molecule has 144 valence electrons. The zero-order valence-electron chi connectivity index (χ0n) is 15.6. The van der Waals surface area contributed by atoms with Crippen molar-refractivity contribution >= 4 is 5.91 Å². The Morgan fingerprint density at radius 1 is 1.11 bits per heavy atom. The van der Waals surface area contributed by atoms with E-state index >= 15 is 0 Å². The summed E-state index contributed by atoms with van der Waals surface area (Å²) in [6, 6.07) is 7.69. The Bertz CT molecular complexity index is 784. The van der Waals surface area contributed by atoms with Gasteiger partial charge in [-0.3, -0.25) is 9.69 Å². The minimum atomic E-state index is 0.00261. The number of phenolic OH excluding ortho intramolecular Hbond substituents is 1. The lowest BCUT2D eigenvalue weighted by atomic mass is 10.0. The van der Waals surface area contributed by atoms with Gasteiger partial charge >= 0.3 is 0 Å². The molecule has 0 radical (unpaired) electrons. The van der Waals surface area contributed by atoms with Crippen molar-refractivity contribution in [2.75, 3.05) is 26.2 Å². The van der Waals surface area contributed by atoms with Crippen LogP contribution in [0.4, 0.5) is 0 Å². The van der Waals surface area contributed by atoms with Crippen molar-refractivity contribution in [3.63, 3.8) is 0 Å². The first-order valence-corrected chi connectivity index (χ1v) is 9.91. The molecule has 27 heavy (non-hydrogen) atoms. The monoisotopic (exact) mass is 369 g/mol. The average Bonchev–Trinajstić information content (AvgIpc) is 3.20. The van der Waals surface area contributed by atoms with Crippen molar-refractivity contribution in [2.45, 2.75) is 44.7 Å². The van der Waals surface area contributed by atoms with Crippen LogP contribution in [0.2, 0.25) is 0 Å². The Kier molecular flexibility index (Phi) is 5.38. The Morgan fingerprint density at radius 2 is 1.93 bits per heavy atom. The van der Waals surface area contributed by atoms with Crippen LogP contribution in [0, 0.1) is 0 Å². The van der Waals surface area contributed by atoms with Gasteiger partial charge in [0.1, 0.15) is 5.75 Å². The number of hydrogen-bond donors (Lipinski definition) is 1. The van der Waals surface area contributed by atoms with E-state index < -0.39 is 0 Å². The molecular weight excluding hydrogens is 342 g/mol. The van der Waals surface area contributed by atoms with Crippen LogP contribution in [-0.4, -0.2) is 62.0 Å². The van der Waals surface area contributed by atoms with Gasteiger partial charge in [0.25, 0.3) is 5.91 Å². The van der Waals surface area contributed by atoms with Gasteiger partial charge in [-0.2, -0.15) is 0 Å². The van der Waals surface area contributed by atoms with Gasteiger partial charge in [-0.05, 0) is 44.7 Å². The molecule has 0 unspecified atom stereocenters. The average molecular weight is 369 g/mol. The van der Waals surface area contributed by atoms with Crippen molar-refractivity contribution in [3.8, 4) is 5.75 Å². The fourth-order valence-electron chi connectivity index (χ4n) is 4.09. The predicted molar refractivity (Wildman–Crippen MR) is 101 cm³/mol. The van der Waals surface area contributed by atoms with Gasteiger partial charge in [0, 0.05) is 31.7 Å². The number of aromatic hydroxyl groups is 1. The van der Waals surface area contributed by atoms with Crippen molar-refractivity contribution in [1.82, 2.24) is 24.8 Å². The summed E-state index contributed by atoms with van der Waals surface area (Å²) >= 11 is 0. The van der Waals surface area contributed by atoms with Gasteiger partial charge in [0.05, 0.1) is 12.2 Å². The Labute approximate surface area is 159 Å². The first-order valence-electron chi connectivity index (χ1n) is 9.91. The van der Waals surface area contributed by atoms with E-state index in [1.165, 1.54) is 6.42 Å². The second-order valence-corrected chi connectivity index (χ2v) is 7.60. The Morgan fingerprint density at radius 3 is 2.74 bits per heavy atom. The molecule has 0 aliphatic carbocycles. The van der Waals surface area contributed by atoms with Gasteiger partial charge in [-0.15, -0.1) is 5.10 Å². The topological polar surface area (TPSA) is 74.5 Å². The number of likely N-dealkylation sites (tertiary alicyclic amines) is 2. The standard InChI is InChI=1S/C20H27N5O2/c26-19-9-3-2-7-16(19)13-23-10-6-8-17(14-23)25-15-18(21-22-25)20(27)24-11-4-1-5-12-24/h2-3,7,9,15,17,26H,1,4-6,8,10-14H2/t17-/m1/s1. The van der Waals surface area contributed by atoms with Crippen LogP contribution in [0.3, 0.4) is 0 Å². The summed E-state index contributed by atoms with van der Waals surface area (Å²) in [5, 5.41) is 18.4. The summed E-state index contributed by atoms with van der Waals surface area (Å²) in [7, 11) is 0. The third kappa shape index (κ3) is 4.13. The summed E-state index contributed by atoms with van der Waals surface area (Å²) in [5.41, 5.74) is 1.40. The number of hydrogen-bond acceptors (Lipinski definition) is 5. The van der Waals surface area contributed by atoms with E-state index in [1.54, 1.807) is 6.07 Å². The summed E-state index contributed by atoms with van der Waals surface area (Å²) < 4.78 is 1.86. The van der Waals surface area contributed by atoms with E-state index in [9.17, 15) is 9.90 Å². The number of nitrogens with zero attached hydrogens (tertiary/aromatic N) is 5. The molecule has 2 fully saturated rings. The normalized spacial score (nSPS) is 21.3. The summed E-state index contributed by atoms with van der Waals surface area (Å²) in [6.45, 7) is 4.21. The number of carbonyl (C=O) groups is 1. The lowest BCUT2D eigenvalue weighted by molar-refractivity contribution is 0.0718. The second-order valence-electron chi connectivity index (χ2n) is 7.60. The van der Waals surface area contributed by atoms with Crippen LogP contribution in [0.5, 0.6) is 5.75 Å². The molecule has 1 aromatic carbocycles. The fourth-order valence-corrected chi connectivity index (χ4v) is 4.09. The maximum Gasteiger partial charge on any atom is 0.276 e. The van der Waals surface area contributed by atoms with Crippen LogP contribution in [0.15, 0.2) is 30.5 Å². The molecule has 1 N–H and O–H groups in total. The van der Waals surface area contributed by atoms with Crippen LogP contribution in [0.25, 0.3) is 0 Å². The van der Waals surface area contributed by atoms with Crippen molar-refractivity contribution in [2.24, 2.45) is 0 Å². The fraction of sp³-hybridized carbons (Fsp3) is 0.550. The lowest BCUT2D eigenvalue weighted by Gasteiger charge is -2.32. The zero-order chi connectivity index (χ0) is 18.6. The Balaban J connectivity index is 1.40. The molecule has 7 heteroatoms. The summed E-state index contributed by atoms with van der Waals surface area (Å²) in [4.78, 5) is 16.8. The van der Waals surface area contributed by atoms with Crippen molar-refractivity contribution in [3.05, 3.63) is 41.7 Å². The third-order valence-corrected chi connectivity index (χ3v) is 5.61. The number of amides is 1. The maximum atomic E-state index is 12.6. The SMILES string of the molecule is O=C(c1cn([C@@H]2CCCN(Cc3ccccc3O)C2)nn1)N1CCCCC1. The molecule has 4 rings (SSSR count). The molecule has 1 amide bonds. The van der Waals surface area contributed by atoms with Gasteiger partial charge in [-0.25, -0.2) is 4.68 Å². The van der Waals surface area contributed by atoms with Gasteiger partial charge in [0.2, 0.25) is 0 Å². The van der Waals surface area contributed by atoms with E-state index in [1.807, 2.05) is 34.0 Å². The molecule has 2 aliphatic heterocycles. The Hall–Kier alpha value is -2.41. The smallest absolute Gasteiger partial charge is 0.276 e. The highest BCUT2D eigenvalue weighted by Crippen LogP contribution is 2.25. The first kappa shape index (κ1) is 18.0. The number of piperidine rings is 2. The molecule has 0 spiro atoms. The van der Waals surface area contributed by atoms with Gasteiger partial charge in [-0.1, -0.05) is 23.4 Å². The molecule has 0 bridgehead atoms. The van der Waals surface area contributed by atoms with E-state index in [2.05, 4.69) is 15.2 Å². The molecule has 2 aliphatic rings. The van der Waals surface area contributed by atoms with E-state index in [4.69, 9.17) is 0 Å². The van der Waals surface area contributed by atoms with Gasteiger partial charge in [0.15, 0.2) is 5.69 Å². The zero-order valence-corrected chi connectivity index (χ0v) is 15.6. The molecule has 7 nitrogen and oxygen atoms in total. The molecular formula is C20H27N5O2. The molecule has 0 saturated carbocycles. The molecule has 2 saturated heterocycles. The van der Waals surface area contributed by atoms with E-state index in [0.29, 0.717) is 11.4 Å². The number of benzene rings is 1. The molecule has 2 aromatic rings. The van der Waals surface area contributed by atoms with E-state index in [0.717, 1.165) is 64.0 Å². The molecule has 1 aromatic heterocycles. The van der Waals surface area contributed by atoms with Crippen LogP contribution in [0.1, 0.15) is 54.2 Å². The first-order chi connectivity index (χ1) is 13.2. The van der Waals surface area contributed by atoms with Crippen LogP contribution >= 0.6 is 0 Å². The molecule has 3 heterocycles. The number of aromatic nitrogens is 3. The third-order valence-electron chi connectivity index (χ3n) is 5.61. The number of phenols is 1. The van der Waals surface area contributed by atoms with Gasteiger partial charge < -0.3 is 10.0 Å². The van der Waals surface area contributed by atoms with Crippen LogP contribution < -0.4 is 0 Å². The summed E-state index contributed by atoms with van der Waals surface area (Å²) in [5.74, 6) is 0.345. The minimum absolute atomic E-state index is 0.00261. The second kappa shape index (κ2) is 8.08. The maximum absolute atomic E-state index is 12.6. The molecule has 1 atom stereocenters. The lowest BCUT2D eigenvalue weighted by Crippen LogP contribution is -2.36. The highest BCUT2D eigenvalue weighted by atomic mass is 16.3. The largest absolute Gasteiger partial charge is 0.508 e. The quantitative estimate of drug-likeness (QED) is 0.896.